The Labute approximate surface area is 83.8 Å². The monoisotopic (exact) mass is 185 g/mol. The van der Waals surface area contributed by atoms with E-state index in [0.717, 1.165) is 12.1 Å². The van der Waals surface area contributed by atoms with E-state index in [1.54, 1.807) is 0 Å². The van der Waals surface area contributed by atoms with Gasteiger partial charge in [0, 0.05) is 12.6 Å². The molecule has 3 nitrogen and oxygen atoms in total. The molecule has 0 saturated carbocycles. The molecule has 0 radical (unpaired) electrons. The van der Waals surface area contributed by atoms with E-state index in [9.17, 15) is 0 Å². The van der Waals surface area contributed by atoms with E-state index in [-0.39, 0.29) is 0 Å². The molecule has 0 aliphatic carbocycles. The van der Waals surface area contributed by atoms with Gasteiger partial charge in [0.25, 0.3) is 0 Å². The Balaban J connectivity index is 2.15. The Kier molecular flexibility index (Phi) is 2.27. The van der Waals surface area contributed by atoms with E-state index in [1.165, 1.54) is 11.0 Å². The molecular weight excluding hydrogens is 173 g/mol. The number of anilines is 1. The van der Waals surface area contributed by atoms with Crippen molar-refractivity contribution in [3.63, 3.8) is 0 Å². The summed E-state index contributed by atoms with van der Waals surface area (Å²) in [7, 11) is 2.08. The van der Waals surface area contributed by atoms with Crippen LogP contribution in [0.4, 0.5) is 5.95 Å². The summed E-state index contributed by atoms with van der Waals surface area (Å²) in [5, 5.41) is 0. The number of nitrogen functional groups attached to an aromatic ring is 1. The molecule has 1 heterocycles. The third kappa shape index (κ3) is 1.96. The molecule has 0 spiro atoms. The summed E-state index contributed by atoms with van der Waals surface area (Å²) >= 11 is 0. The molecule has 0 atom stereocenters. The van der Waals surface area contributed by atoms with Gasteiger partial charge >= 0.3 is 0 Å². The van der Waals surface area contributed by atoms with Crippen LogP contribution in [-0.2, 0) is 6.42 Å². The van der Waals surface area contributed by atoms with Crippen LogP contribution < -0.4 is 11.2 Å². The van der Waals surface area contributed by atoms with Crippen molar-refractivity contribution in [2.24, 2.45) is 0 Å². The number of nitrogens with one attached hydrogen (secondary N) is 1. The van der Waals surface area contributed by atoms with Gasteiger partial charge in [-0.2, -0.15) is 0 Å². The van der Waals surface area contributed by atoms with Gasteiger partial charge in [0.2, 0.25) is 0 Å². The van der Waals surface area contributed by atoms with Crippen molar-refractivity contribution in [1.82, 2.24) is 9.97 Å². The first-order chi connectivity index (χ1) is 6.74. The van der Waals surface area contributed by atoms with E-state index < -0.39 is 0 Å². The van der Waals surface area contributed by atoms with Gasteiger partial charge in [-0.1, -0.05) is 29.7 Å². The number of benzene rings is 1. The highest BCUT2D eigenvalue weighted by molar-refractivity contribution is 6.32. The van der Waals surface area contributed by atoms with Gasteiger partial charge in [0.1, 0.15) is 7.85 Å². The average molecular weight is 185 g/mol. The molecule has 2 aromatic rings. The Morgan fingerprint density at radius 1 is 1.29 bits per heavy atom. The normalized spacial score (nSPS) is 10.3. The van der Waals surface area contributed by atoms with Crippen LogP contribution in [0.3, 0.4) is 0 Å². The summed E-state index contributed by atoms with van der Waals surface area (Å²) in [5.74, 6) is 0.479. The first-order valence-electron chi connectivity index (χ1n) is 4.59. The zero-order chi connectivity index (χ0) is 9.97. The van der Waals surface area contributed by atoms with E-state index in [4.69, 9.17) is 5.73 Å². The summed E-state index contributed by atoms with van der Waals surface area (Å²) in [6, 6.07) is 8.43. The second kappa shape index (κ2) is 3.58. The highest BCUT2D eigenvalue weighted by Gasteiger charge is 1.99. The highest BCUT2D eigenvalue weighted by atomic mass is 15.0. The molecule has 4 heteroatoms. The van der Waals surface area contributed by atoms with Crippen molar-refractivity contribution < 1.29 is 0 Å². The van der Waals surface area contributed by atoms with Crippen LogP contribution >= 0.6 is 0 Å². The minimum absolute atomic E-state index is 0.479. The zero-order valence-electron chi connectivity index (χ0n) is 8.12. The van der Waals surface area contributed by atoms with Crippen LogP contribution in [0.15, 0.2) is 30.5 Å². The van der Waals surface area contributed by atoms with E-state index in [0.29, 0.717) is 5.95 Å². The molecule has 0 amide bonds. The summed E-state index contributed by atoms with van der Waals surface area (Å²) in [4.78, 5) is 7.02. The predicted molar refractivity (Wildman–Crippen MR) is 60.4 cm³/mol. The van der Waals surface area contributed by atoms with Crippen LogP contribution in [0.25, 0.3) is 0 Å². The number of aromatic nitrogens is 2. The molecule has 70 valence electrons. The lowest BCUT2D eigenvalue weighted by atomic mass is 9.94. The van der Waals surface area contributed by atoms with E-state index >= 15 is 0 Å². The SMILES string of the molecule is Bc1ccc(Cc2c[nH]c(N)n2)cc1. The van der Waals surface area contributed by atoms with Crippen molar-refractivity contribution in [2.45, 2.75) is 6.42 Å². The Hall–Kier alpha value is -1.71. The maximum atomic E-state index is 5.49. The molecule has 0 bridgehead atoms. The second-order valence-corrected chi connectivity index (χ2v) is 3.44. The van der Waals surface area contributed by atoms with Crippen LogP contribution in [0, 0.1) is 0 Å². The molecule has 14 heavy (non-hydrogen) atoms. The fourth-order valence-electron chi connectivity index (χ4n) is 1.38. The van der Waals surface area contributed by atoms with Gasteiger partial charge < -0.3 is 10.7 Å². The number of H-pyrrole nitrogens is 1. The molecule has 3 N–H and O–H groups in total. The molecular formula is C10H12BN3. The Morgan fingerprint density at radius 2 is 2.00 bits per heavy atom. The molecule has 1 aromatic carbocycles. The smallest absolute Gasteiger partial charge is 0.197 e. The average Bonchev–Trinajstić information content (AvgIpc) is 2.56. The van der Waals surface area contributed by atoms with Gasteiger partial charge in [-0.15, -0.1) is 0 Å². The maximum absolute atomic E-state index is 5.49. The number of imidazole rings is 1. The molecule has 2 rings (SSSR count). The number of rotatable bonds is 2. The maximum Gasteiger partial charge on any atom is 0.197 e. The number of nitrogens with zero attached hydrogens (tertiary/aromatic N) is 1. The second-order valence-electron chi connectivity index (χ2n) is 3.44. The standard InChI is InChI=1S/C10H12BN3/c11-8-3-1-7(2-4-8)5-9-6-13-10(12)14-9/h1-4,6H,5,11H2,(H3,12,13,14). The Morgan fingerprint density at radius 3 is 2.57 bits per heavy atom. The van der Waals surface area contributed by atoms with Gasteiger partial charge in [0.05, 0.1) is 5.69 Å². The third-order valence-electron chi connectivity index (χ3n) is 2.16. The van der Waals surface area contributed by atoms with Gasteiger partial charge in [-0.25, -0.2) is 4.98 Å². The summed E-state index contributed by atoms with van der Waals surface area (Å²) < 4.78 is 0. The van der Waals surface area contributed by atoms with Crippen molar-refractivity contribution >= 4 is 19.3 Å². The van der Waals surface area contributed by atoms with Crippen molar-refractivity contribution in [2.75, 3.05) is 5.73 Å². The molecule has 0 fully saturated rings. The summed E-state index contributed by atoms with van der Waals surface area (Å²) in [6.45, 7) is 0. The lowest BCUT2D eigenvalue weighted by Crippen LogP contribution is -2.00. The van der Waals surface area contributed by atoms with E-state index in [1.807, 2.05) is 6.20 Å². The van der Waals surface area contributed by atoms with Crippen molar-refractivity contribution in [1.29, 1.82) is 0 Å². The first-order valence-corrected chi connectivity index (χ1v) is 4.59. The summed E-state index contributed by atoms with van der Waals surface area (Å²) in [6.07, 6.45) is 2.67. The van der Waals surface area contributed by atoms with Gasteiger partial charge in [-0.05, 0) is 5.56 Å². The van der Waals surface area contributed by atoms with Gasteiger partial charge in [0.15, 0.2) is 5.95 Å². The minimum atomic E-state index is 0.479. The first kappa shape index (κ1) is 8.87. The number of hydrogen-bond acceptors (Lipinski definition) is 2. The quantitative estimate of drug-likeness (QED) is 0.638. The lowest BCUT2D eigenvalue weighted by Gasteiger charge is -1.98. The predicted octanol–water partition coefficient (Wildman–Crippen LogP) is -0.159. The number of hydrogen-bond donors (Lipinski definition) is 2. The van der Waals surface area contributed by atoms with Crippen molar-refractivity contribution in [3.05, 3.63) is 41.7 Å². The van der Waals surface area contributed by atoms with Crippen LogP contribution in [0.2, 0.25) is 0 Å². The zero-order valence-corrected chi connectivity index (χ0v) is 8.12. The fourth-order valence-corrected chi connectivity index (χ4v) is 1.38. The molecule has 0 unspecified atom stereocenters. The minimum Gasteiger partial charge on any atom is -0.369 e. The molecule has 0 saturated heterocycles. The number of aromatic amines is 1. The van der Waals surface area contributed by atoms with Crippen molar-refractivity contribution in [3.8, 4) is 0 Å². The van der Waals surface area contributed by atoms with Gasteiger partial charge in [-0.3, -0.25) is 0 Å². The van der Waals surface area contributed by atoms with Crippen LogP contribution in [-0.4, -0.2) is 17.8 Å². The third-order valence-corrected chi connectivity index (χ3v) is 2.16. The molecule has 1 aromatic heterocycles. The number of nitrogens with two attached hydrogens (primary N) is 1. The van der Waals surface area contributed by atoms with Crippen LogP contribution in [0.5, 0.6) is 0 Å². The Bertz CT molecular complexity index is 419. The van der Waals surface area contributed by atoms with E-state index in [2.05, 4.69) is 42.1 Å². The molecule has 0 aliphatic rings. The van der Waals surface area contributed by atoms with Crippen LogP contribution in [0.1, 0.15) is 11.3 Å². The highest BCUT2D eigenvalue weighted by Crippen LogP contribution is 2.06. The largest absolute Gasteiger partial charge is 0.369 e. The summed E-state index contributed by atoms with van der Waals surface area (Å²) in [5.41, 5.74) is 8.99. The molecule has 0 aliphatic heterocycles. The lowest BCUT2D eigenvalue weighted by molar-refractivity contribution is 1.11. The topological polar surface area (TPSA) is 54.7 Å². The fraction of sp³-hybridized carbons (Fsp3) is 0.100.